The molecule has 0 amide bonds. The van der Waals surface area contributed by atoms with Gasteiger partial charge in [0, 0.05) is 0 Å². The van der Waals surface area contributed by atoms with Gasteiger partial charge in [-0.3, -0.25) is 4.55 Å². The molecule has 0 aromatic heterocycles. The van der Waals surface area contributed by atoms with Gasteiger partial charge in [-0.25, -0.2) is 0 Å². The number of hydrogen-bond acceptors (Lipinski definition) is 3. The van der Waals surface area contributed by atoms with Gasteiger partial charge in [-0.15, -0.1) is 0 Å². The molecule has 0 heterocycles. The molecule has 1 aromatic carbocycles. The van der Waals surface area contributed by atoms with Gasteiger partial charge in [0.2, 0.25) is 0 Å². The molecule has 1 aromatic rings. The van der Waals surface area contributed by atoms with Crippen LogP contribution in [0.25, 0.3) is 0 Å². The second kappa shape index (κ2) is 7.38. The first kappa shape index (κ1) is 16.9. The van der Waals surface area contributed by atoms with E-state index in [9.17, 15) is 8.42 Å². The third-order valence-electron chi connectivity index (χ3n) is 2.09. The summed E-state index contributed by atoms with van der Waals surface area (Å²) in [5.74, 6) is 1.17. The molecule has 0 atom stereocenters. The van der Waals surface area contributed by atoms with Gasteiger partial charge in [-0.2, -0.15) is 8.42 Å². The minimum absolute atomic E-state index is 0. The molecular weight excluding hydrogens is 251 g/mol. The summed E-state index contributed by atoms with van der Waals surface area (Å²) in [4.78, 5) is -0.122. The Bertz CT molecular complexity index is 425. The van der Waals surface area contributed by atoms with Crippen LogP contribution in [0.5, 0.6) is 5.75 Å². The predicted octanol–water partition coefficient (Wildman–Crippen LogP) is 1.71. The Morgan fingerprint density at radius 2 is 1.76 bits per heavy atom. The van der Waals surface area contributed by atoms with Gasteiger partial charge in [0.05, 0.1) is 11.5 Å². The molecule has 92 valence electrons. The monoisotopic (exact) mass is 268 g/mol. The van der Waals surface area contributed by atoms with Crippen molar-refractivity contribution in [1.82, 2.24) is 0 Å². The second-order valence-electron chi connectivity index (χ2n) is 3.98. The van der Waals surface area contributed by atoms with Crippen molar-refractivity contribution < 1.29 is 17.7 Å². The van der Waals surface area contributed by atoms with E-state index in [0.29, 0.717) is 18.3 Å². The molecule has 0 radical (unpaired) electrons. The third-order valence-corrected chi connectivity index (χ3v) is 2.95. The van der Waals surface area contributed by atoms with E-state index < -0.39 is 10.1 Å². The van der Waals surface area contributed by atoms with Gasteiger partial charge in [-0.05, 0) is 36.6 Å². The van der Waals surface area contributed by atoms with E-state index in [1.54, 1.807) is 0 Å². The molecule has 0 aliphatic rings. The summed E-state index contributed by atoms with van der Waals surface area (Å²) in [6, 6.07) is 5.70. The summed E-state index contributed by atoms with van der Waals surface area (Å²) in [6.07, 6.45) is 0.944. The SMILES string of the molecule is CC(C)CCOc1ccc(S(=O)(=O)O)cc1.[NaH]. The maximum absolute atomic E-state index is 10.8. The molecule has 4 nitrogen and oxygen atoms in total. The molecule has 0 spiro atoms. The summed E-state index contributed by atoms with van der Waals surface area (Å²) in [7, 11) is -4.11. The molecule has 0 saturated carbocycles. The fourth-order valence-electron chi connectivity index (χ4n) is 1.12. The van der Waals surface area contributed by atoms with Crippen molar-refractivity contribution in [3.05, 3.63) is 24.3 Å². The molecule has 1 N–H and O–H groups in total. The maximum atomic E-state index is 10.8. The van der Waals surface area contributed by atoms with Crippen LogP contribution in [-0.2, 0) is 10.1 Å². The molecule has 0 unspecified atom stereocenters. The molecule has 0 saturated heterocycles. The van der Waals surface area contributed by atoms with Crippen LogP contribution >= 0.6 is 0 Å². The van der Waals surface area contributed by atoms with Crippen molar-refractivity contribution >= 4 is 39.7 Å². The summed E-state index contributed by atoms with van der Waals surface area (Å²) in [5.41, 5.74) is 0. The van der Waals surface area contributed by atoms with E-state index in [2.05, 4.69) is 13.8 Å². The van der Waals surface area contributed by atoms with Crippen LogP contribution < -0.4 is 4.74 Å². The average Bonchev–Trinajstić information content (AvgIpc) is 2.16. The van der Waals surface area contributed by atoms with Crippen LogP contribution in [0.15, 0.2) is 29.2 Å². The molecule has 0 bridgehead atoms. The van der Waals surface area contributed by atoms with Crippen LogP contribution in [0.2, 0.25) is 0 Å². The van der Waals surface area contributed by atoms with E-state index in [4.69, 9.17) is 9.29 Å². The zero-order valence-corrected chi connectivity index (χ0v) is 10.2. The van der Waals surface area contributed by atoms with Crippen molar-refractivity contribution in [2.75, 3.05) is 6.61 Å². The minimum atomic E-state index is -4.11. The molecule has 17 heavy (non-hydrogen) atoms. The first-order chi connectivity index (χ1) is 7.39. The number of hydrogen-bond donors (Lipinski definition) is 1. The Hall–Kier alpha value is -0.0700. The van der Waals surface area contributed by atoms with Crippen LogP contribution in [0.4, 0.5) is 0 Å². The zero-order valence-electron chi connectivity index (χ0n) is 9.38. The van der Waals surface area contributed by atoms with E-state index in [1.807, 2.05) is 0 Å². The Morgan fingerprint density at radius 1 is 1.24 bits per heavy atom. The molecule has 0 fully saturated rings. The van der Waals surface area contributed by atoms with Gasteiger partial charge < -0.3 is 4.74 Å². The predicted molar refractivity (Wildman–Crippen MR) is 68.4 cm³/mol. The van der Waals surface area contributed by atoms with Gasteiger partial charge >= 0.3 is 29.6 Å². The summed E-state index contributed by atoms with van der Waals surface area (Å²) >= 11 is 0. The van der Waals surface area contributed by atoms with Crippen molar-refractivity contribution in [3.8, 4) is 5.75 Å². The summed E-state index contributed by atoms with van der Waals surface area (Å²) in [6.45, 7) is 4.80. The molecule has 0 aliphatic heterocycles. The quantitative estimate of drug-likeness (QED) is 0.652. The van der Waals surface area contributed by atoms with Crippen LogP contribution in [0.3, 0.4) is 0 Å². The van der Waals surface area contributed by atoms with Gasteiger partial charge in [0.1, 0.15) is 5.75 Å². The van der Waals surface area contributed by atoms with E-state index >= 15 is 0 Å². The Labute approximate surface area is 124 Å². The molecule has 1 rings (SSSR count). The average molecular weight is 268 g/mol. The van der Waals surface area contributed by atoms with Crippen LogP contribution in [-0.4, -0.2) is 49.1 Å². The van der Waals surface area contributed by atoms with Gasteiger partial charge in [0.25, 0.3) is 10.1 Å². The molecule has 6 heteroatoms. The van der Waals surface area contributed by atoms with Gasteiger partial charge in [0.15, 0.2) is 0 Å². The standard InChI is InChI=1S/C11H16O4S.Na.H/c1-9(2)7-8-15-10-3-5-11(6-4-10)16(12,13)14;;/h3-6,9H,7-8H2,1-2H3,(H,12,13,14);;. The first-order valence-corrected chi connectivity index (χ1v) is 6.54. The normalized spacial score (nSPS) is 11.1. The Morgan fingerprint density at radius 3 is 2.18 bits per heavy atom. The fraction of sp³-hybridized carbons (Fsp3) is 0.455. The molecule has 0 aliphatic carbocycles. The first-order valence-electron chi connectivity index (χ1n) is 5.10. The Balaban J connectivity index is 0.00000256. The zero-order chi connectivity index (χ0) is 12.2. The van der Waals surface area contributed by atoms with Crippen molar-refractivity contribution in [1.29, 1.82) is 0 Å². The van der Waals surface area contributed by atoms with Crippen LogP contribution in [0.1, 0.15) is 20.3 Å². The van der Waals surface area contributed by atoms with Gasteiger partial charge in [-0.1, -0.05) is 13.8 Å². The molecular formula is C11H17NaO4S. The van der Waals surface area contributed by atoms with E-state index in [-0.39, 0.29) is 34.5 Å². The summed E-state index contributed by atoms with van der Waals surface area (Å²) in [5, 5.41) is 0. The summed E-state index contributed by atoms with van der Waals surface area (Å²) < 4.78 is 35.7. The van der Waals surface area contributed by atoms with Crippen molar-refractivity contribution in [3.63, 3.8) is 0 Å². The number of rotatable bonds is 5. The topological polar surface area (TPSA) is 63.6 Å². The van der Waals surface area contributed by atoms with Crippen molar-refractivity contribution in [2.24, 2.45) is 5.92 Å². The number of ether oxygens (including phenoxy) is 1. The van der Waals surface area contributed by atoms with Crippen LogP contribution in [0, 0.1) is 5.92 Å². The van der Waals surface area contributed by atoms with E-state index in [0.717, 1.165) is 6.42 Å². The Kier molecular flexibility index (Phi) is 7.35. The third kappa shape index (κ3) is 6.43. The fourth-order valence-corrected chi connectivity index (χ4v) is 1.60. The van der Waals surface area contributed by atoms with Crippen molar-refractivity contribution in [2.45, 2.75) is 25.2 Å². The number of benzene rings is 1. The second-order valence-corrected chi connectivity index (χ2v) is 5.40. The van der Waals surface area contributed by atoms with E-state index in [1.165, 1.54) is 24.3 Å².